The predicted octanol–water partition coefficient (Wildman–Crippen LogP) is 3.27. The molecular formula is C17H17ClN4O3. The number of nitrogens with zero attached hydrogens (tertiary/aromatic N) is 4. The molecule has 0 bridgehead atoms. The molecule has 4 rings (SSSR count). The first-order valence-electron chi connectivity index (χ1n) is 8.13. The zero-order valence-electron chi connectivity index (χ0n) is 13.7. The minimum atomic E-state index is 0.187. The maximum atomic E-state index is 6.17. The molecule has 0 N–H and O–H groups in total. The highest BCUT2D eigenvalue weighted by molar-refractivity contribution is 6.29. The molecule has 130 valence electrons. The number of anilines is 1. The van der Waals surface area contributed by atoms with E-state index in [1.54, 1.807) is 12.5 Å². The number of halogens is 1. The normalized spacial score (nSPS) is 15.5. The van der Waals surface area contributed by atoms with Crippen LogP contribution in [0, 0.1) is 0 Å². The molecule has 25 heavy (non-hydrogen) atoms. The molecule has 3 aromatic rings. The molecule has 0 radical (unpaired) electrons. The molecule has 4 heterocycles. The van der Waals surface area contributed by atoms with Crippen LogP contribution in [0.5, 0.6) is 0 Å². The largest absolute Gasteiger partial charge is 0.501 e. The van der Waals surface area contributed by atoms with E-state index in [1.807, 2.05) is 19.1 Å². The van der Waals surface area contributed by atoms with Crippen LogP contribution in [-0.4, -0.2) is 47.9 Å². The van der Waals surface area contributed by atoms with Crippen LogP contribution < -0.4 is 4.90 Å². The van der Waals surface area contributed by atoms with Crippen LogP contribution in [0.1, 0.15) is 12.5 Å². The van der Waals surface area contributed by atoms with Crippen molar-refractivity contribution in [3.8, 4) is 0 Å². The Hall–Kier alpha value is -2.38. The summed E-state index contributed by atoms with van der Waals surface area (Å²) in [7, 11) is 0. The van der Waals surface area contributed by atoms with Crippen molar-refractivity contribution in [1.82, 2.24) is 15.0 Å². The van der Waals surface area contributed by atoms with Crippen LogP contribution in [0.15, 0.2) is 22.9 Å². The lowest BCUT2D eigenvalue weighted by Gasteiger charge is -2.27. The number of morpholine rings is 1. The first kappa shape index (κ1) is 16.1. The highest BCUT2D eigenvalue weighted by Gasteiger charge is 2.22. The van der Waals surface area contributed by atoms with Crippen LogP contribution in [0.3, 0.4) is 0 Å². The van der Waals surface area contributed by atoms with E-state index in [2.05, 4.69) is 19.9 Å². The van der Waals surface area contributed by atoms with Crippen LogP contribution in [0.25, 0.3) is 28.3 Å². The third kappa shape index (κ3) is 3.12. The van der Waals surface area contributed by atoms with Gasteiger partial charge in [-0.1, -0.05) is 0 Å². The number of aromatic nitrogens is 3. The van der Waals surface area contributed by atoms with Crippen molar-refractivity contribution in [3.63, 3.8) is 0 Å². The average molecular weight is 361 g/mol. The highest BCUT2D eigenvalue weighted by atomic mass is 35.5. The maximum Gasteiger partial charge on any atom is 0.229 e. The third-order valence-corrected chi connectivity index (χ3v) is 4.15. The molecule has 0 amide bonds. The van der Waals surface area contributed by atoms with Crippen LogP contribution in [0.2, 0.25) is 5.28 Å². The van der Waals surface area contributed by atoms with Crippen LogP contribution in [0.4, 0.5) is 5.82 Å². The van der Waals surface area contributed by atoms with E-state index >= 15 is 0 Å². The van der Waals surface area contributed by atoms with Gasteiger partial charge in [-0.05, 0) is 36.2 Å². The van der Waals surface area contributed by atoms with Gasteiger partial charge in [-0.25, -0.2) is 9.97 Å². The van der Waals surface area contributed by atoms with Gasteiger partial charge in [-0.3, -0.25) is 0 Å². The van der Waals surface area contributed by atoms with Crippen molar-refractivity contribution < 1.29 is 13.9 Å². The summed E-state index contributed by atoms with van der Waals surface area (Å²) in [5.74, 6) is 0.683. The number of furan rings is 1. The Morgan fingerprint density at radius 1 is 1.32 bits per heavy atom. The molecule has 1 aliphatic rings. The number of hydrogen-bond acceptors (Lipinski definition) is 7. The van der Waals surface area contributed by atoms with Gasteiger partial charge in [0, 0.05) is 19.3 Å². The van der Waals surface area contributed by atoms with Crippen LogP contribution in [-0.2, 0) is 9.47 Å². The minimum Gasteiger partial charge on any atom is -0.501 e. The van der Waals surface area contributed by atoms with Gasteiger partial charge in [0.15, 0.2) is 11.4 Å². The Morgan fingerprint density at radius 2 is 2.16 bits per heavy atom. The number of hydrogen-bond donors (Lipinski definition) is 0. The van der Waals surface area contributed by atoms with Crippen molar-refractivity contribution in [1.29, 1.82) is 0 Å². The zero-order valence-corrected chi connectivity index (χ0v) is 14.5. The first-order chi connectivity index (χ1) is 12.3. The molecule has 0 aromatic carbocycles. The maximum absolute atomic E-state index is 6.17. The van der Waals surface area contributed by atoms with Gasteiger partial charge >= 0.3 is 0 Å². The number of rotatable bonds is 4. The lowest BCUT2D eigenvalue weighted by Crippen LogP contribution is -2.36. The lowest BCUT2D eigenvalue weighted by molar-refractivity contribution is 0.122. The number of pyridine rings is 1. The predicted molar refractivity (Wildman–Crippen MR) is 95.8 cm³/mol. The van der Waals surface area contributed by atoms with E-state index in [0.29, 0.717) is 42.5 Å². The van der Waals surface area contributed by atoms with E-state index in [-0.39, 0.29) is 5.28 Å². The zero-order chi connectivity index (χ0) is 17.2. The van der Waals surface area contributed by atoms with Gasteiger partial charge in [0.05, 0.1) is 31.5 Å². The van der Waals surface area contributed by atoms with E-state index in [0.717, 1.165) is 24.0 Å². The minimum absolute atomic E-state index is 0.187. The molecule has 0 atom stereocenters. The van der Waals surface area contributed by atoms with E-state index in [9.17, 15) is 0 Å². The molecule has 0 saturated carbocycles. The standard InChI is InChI=1S/C17H17ClN4O3/c1-2-23-6-3-11-9-12-13-14(25-16(12)19-10-11)15(21-17(18)20-13)22-4-7-24-8-5-22/h3,6,9-10H,2,4-5,7-8H2,1H3/b6-3+. The molecule has 1 aliphatic heterocycles. The Bertz CT molecular complexity index is 934. The SMILES string of the molecule is CCO/C=C/c1cnc2oc3c(N4CCOCC4)nc(Cl)nc3c2c1. The summed E-state index contributed by atoms with van der Waals surface area (Å²) in [5.41, 5.74) is 2.66. The molecule has 0 aliphatic carbocycles. The highest BCUT2D eigenvalue weighted by Crippen LogP contribution is 2.33. The molecule has 0 unspecified atom stereocenters. The van der Waals surface area contributed by atoms with Crippen molar-refractivity contribution in [3.05, 3.63) is 29.4 Å². The fourth-order valence-corrected chi connectivity index (χ4v) is 2.97. The number of ether oxygens (including phenoxy) is 2. The van der Waals surface area contributed by atoms with Gasteiger partial charge in [0.25, 0.3) is 0 Å². The summed E-state index contributed by atoms with van der Waals surface area (Å²) in [6, 6.07) is 1.95. The summed E-state index contributed by atoms with van der Waals surface area (Å²) in [5, 5.41) is 0.986. The van der Waals surface area contributed by atoms with Crippen molar-refractivity contribution in [2.75, 3.05) is 37.8 Å². The average Bonchev–Trinajstić information content (AvgIpc) is 3.00. The Balaban J connectivity index is 1.84. The smallest absolute Gasteiger partial charge is 0.229 e. The van der Waals surface area contributed by atoms with Crippen LogP contribution >= 0.6 is 11.6 Å². The number of fused-ring (bicyclic) bond motifs is 3. The monoisotopic (exact) mass is 360 g/mol. The lowest BCUT2D eigenvalue weighted by atomic mass is 10.2. The van der Waals surface area contributed by atoms with Gasteiger partial charge < -0.3 is 18.8 Å². The summed E-state index contributed by atoms with van der Waals surface area (Å²) in [4.78, 5) is 15.2. The molecule has 1 saturated heterocycles. The van der Waals surface area contributed by atoms with Gasteiger partial charge in [0.2, 0.25) is 11.0 Å². The summed E-state index contributed by atoms with van der Waals surface area (Å²) >= 11 is 6.17. The van der Waals surface area contributed by atoms with Crippen molar-refractivity contribution >= 4 is 45.7 Å². The van der Waals surface area contributed by atoms with E-state index in [1.165, 1.54) is 0 Å². The Labute approximate surface area is 149 Å². The quantitative estimate of drug-likeness (QED) is 0.522. The van der Waals surface area contributed by atoms with Gasteiger partial charge in [-0.15, -0.1) is 0 Å². The molecule has 8 heteroatoms. The first-order valence-corrected chi connectivity index (χ1v) is 8.50. The Kier molecular flexibility index (Phi) is 4.42. The van der Waals surface area contributed by atoms with Gasteiger partial charge in [0.1, 0.15) is 5.52 Å². The van der Waals surface area contributed by atoms with Crippen molar-refractivity contribution in [2.45, 2.75) is 6.92 Å². The fraction of sp³-hybridized carbons (Fsp3) is 0.353. The summed E-state index contributed by atoms with van der Waals surface area (Å²) in [6.07, 6.45) is 5.22. The Morgan fingerprint density at radius 3 is 2.96 bits per heavy atom. The molecule has 0 spiro atoms. The van der Waals surface area contributed by atoms with E-state index in [4.69, 9.17) is 25.5 Å². The second kappa shape index (κ2) is 6.85. The van der Waals surface area contributed by atoms with Crippen molar-refractivity contribution in [2.24, 2.45) is 0 Å². The van der Waals surface area contributed by atoms with Gasteiger partial charge in [-0.2, -0.15) is 4.98 Å². The molecular weight excluding hydrogens is 344 g/mol. The summed E-state index contributed by atoms with van der Waals surface area (Å²) in [6.45, 7) is 5.31. The topological polar surface area (TPSA) is 73.5 Å². The molecule has 3 aromatic heterocycles. The summed E-state index contributed by atoms with van der Waals surface area (Å²) < 4.78 is 16.6. The molecule has 7 nitrogen and oxygen atoms in total. The van der Waals surface area contributed by atoms with E-state index < -0.39 is 0 Å². The fourth-order valence-electron chi connectivity index (χ4n) is 2.81. The second-order valence-corrected chi connectivity index (χ2v) is 5.91. The third-order valence-electron chi connectivity index (χ3n) is 3.98. The second-order valence-electron chi connectivity index (χ2n) is 5.57. The molecule has 1 fully saturated rings.